The number of benzene rings is 1. The molecule has 7 heteroatoms. The summed E-state index contributed by atoms with van der Waals surface area (Å²) in [6, 6.07) is 9.67. The lowest BCUT2D eigenvalue weighted by Crippen LogP contribution is -2.36. The number of carbonyl (C=O) groups is 2. The van der Waals surface area contributed by atoms with Crippen molar-refractivity contribution < 1.29 is 14.3 Å². The van der Waals surface area contributed by atoms with Crippen molar-refractivity contribution in [2.75, 3.05) is 6.54 Å². The predicted octanol–water partition coefficient (Wildman–Crippen LogP) is 2.96. The van der Waals surface area contributed by atoms with Gasteiger partial charge in [0, 0.05) is 6.54 Å². The Morgan fingerprint density at radius 1 is 1.32 bits per heavy atom. The summed E-state index contributed by atoms with van der Waals surface area (Å²) in [5, 5.41) is 7.20. The Kier molecular flexibility index (Phi) is 6.58. The van der Waals surface area contributed by atoms with Gasteiger partial charge in [0.05, 0.1) is 12.2 Å². The molecule has 0 unspecified atom stereocenters. The molecular formula is C18H22ClN3O3. The van der Waals surface area contributed by atoms with Gasteiger partial charge in [0.15, 0.2) is 6.10 Å². The third kappa shape index (κ3) is 4.82. The number of halogens is 1. The lowest BCUT2D eigenvalue weighted by atomic mass is 10.2. The fraction of sp³-hybridized carbons (Fsp3) is 0.389. The normalized spacial score (nSPS) is 11.8. The van der Waals surface area contributed by atoms with E-state index in [1.165, 1.54) is 6.92 Å². The van der Waals surface area contributed by atoms with Crippen LogP contribution in [0.25, 0.3) is 0 Å². The standard InChI is InChI=1S/C18H22ClN3O3/c1-4-10-20-17(23)13(3)25-18(24)15-12(2)21-22(16(15)19)11-14-8-6-5-7-9-14/h5-9,13H,4,10-11H2,1-3H3,(H,20,23)/t13-/m1/s1. The number of rotatable bonds is 7. The quantitative estimate of drug-likeness (QED) is 0.767. The molecule has 0 aliphatic rings. The van der Waals surface area contributed by atoms with Crippen molar-refractivity contribution in [3.63, 3.8) is 0 Å². The summed E-state index contributed by atoms with van der Waals surface area (Å²) in [6.45, 7) is 6.14. The Morgan fingerprint density at radius 3 is 2.64 bits per heavy atom. The van der Waals surface area contributed by atoms with Gasteiger partial charge in [0.25, 0.3) is 5.91 Å². The molecule has 25 heavy (non-hydrogen) atoms. The fourth-order valence-corrected chi connectivity index (χ4v) is 2.62. The van der Waals surface area contributed by atoms with Gasteiger partial charge in [-0.1, -0.05) is 48.9 Å². The molecule has 1 heterocycles. The first kappa shape index (κ1) is 19.0. The maximum absolute atomic E-state index is 12.4. The van der Waals surface area contributed by atoms with Gasteiger partial charge >= 0.3 is 5.97 Å². The number of nitrogens with zero attached hydrogens (tertiary/aromatic N) is 2. The average Bonchev–Trinajstić information content (AvgIpc) is 2.87. The number of esters is 1. The lowest BCUT2D eigenvalue weighted by molar-refractivity contribution is -0.129. The molecule has 2 aromatic rings. The van der Waals surface area contributed by atoms with E-state index in [2.05, 4.69) is 10.4 Å². The number of aryl methyl sites for hydroxylation is 1. The average molecular weight is 364 g/mol. The monoisotopic (exact) mass is 363 g/mol. The van der Waals surface area contributed by atoms with Gasteiger partial charge in [0.1, 0.15) is 10.7 Å². The highest BCUT2D eigenvalue weighted by atomic mass is 35.5. The molecule has 1 amide bonds. The zero-order chi connectivity index (χ0) is 18.4. The minimum Gasteiger partial charge on any atom is -0.449 e. The molecule has 1 N–H and O–H groups in total. The fourth-order valence-electron chi connectivity index (χ4n) is 2.31. The van der Waals surface area contributed by atoms with Crippen molar-refractivity contribution in [1.29, 1.82) is 0 Å². The number of amides is 1. The van der Waals surface area contributed by atoms with Crippen molar-refractivity contribution in [3.8, 4) is 0 Å². The van der Waals surface area contributed by atoms with Crippen molar-refractivity contribution in [3.05, 3.63) is 52.3 Å². The van der Waals surface area contributed by atoms with Crippen molar-refractivity contribution >= 4 is 23.5 Å². The zero-order valence-corrected chi connectivity index (χ0v) is 15.3. The zero-order valence-electron chi connectivity index (χ0n) is 14.6. The molecule has 0 fully saturated rings. The van der Waals surface area contributed by atoms with E-state index in [0.717, 1.165) is 12.0 Å². The lowest BCUT2D eigenvalue weighted by Gasteiger charge is -2.13. The van der Waals surface area contributed by atoms with Crippen molar-refractivity contribution in [1.82, 2.24) is 15.1 Å². The molecule has 0 aliphatic heterocycles. The second-order valence-electron chi connectivity index (χ2n) is 5.73. The minimum absolute atomic E-state index is 0.188. The molecule has 0 saturated heterocycles. The van der Waals surface area contributed by atoms with Crippen LogP contribution in [0.15, 0.2) is 30.3 Å². The van der Waals surface area contributed by atoms with Gasteiger partial charge in [-0.05, 0) is 25.8 Å². The maximum atomic E-state index is 12.4. The second-order valence-corrected chi connectivity index (χ2v) is 6.09. The van der Waals surface area contributed by atoms with E-state index in [-0.39, 0.29) is 16.6 Å². The molecule has 1 aromatic carbocycles. The predicted molar refractivity (Wildman–Crippen MR) is 95.7 cm³/mol. The molecule has 1 atom stereocenters. The van der Waals surface area contributed by atoms with E-state index in [1.54, 1.807) is 11.6 Å². The first-order valence-electron chi connectivity index (χ1n) is 8.19. The van der Waals surface area contributed by atoms with Crippen LogP contribution in [0.2, 0.25) is 5.15 Å². The van der Waals surface area contributed by atoms with Gasteiger partial charge in [0.2, 0.25) is 0 Å². The molecule has 134 valence electrons. The van der Waals surface area contributed by atoms with E-state index in [4.69, 9.17) is 16.3 Å². The Hall–Kier alpha value is -2.34. The van der Waals surface area contributed by atoms with Crippen LogP contribution in [-0.4, -0.2) is 34.3 Å². The number of hydrogen-bond donors (Lipinski definition) is 1. The molecule has 1 aromatic heterocycles. The number of hydrogen-bond acceptors (Lipinski definition) is 4. The summed E-state index contributed by atoms with van der Waals surface area (Å²) >= 11 is 6.32. The Labute approximate surface area is 152 Å². The molecule has 0 bridgehead atoms. The molecule has 6 nitrogen and oxygen atoms in total. The first-order chi connectivity index (χ1) is 11.9. The Bertz CT molecular complexity index is 744. The van der Waals surface area contributed by atoms with Gasteiger partial charge in [-0.2, -0.15) is 5.10 Å². The summed E-state index contributed by atoms with van der Waals surface area (Å²) in [5.74, 6) is -0.985. The molecule has 0 aliphatic carbocycles. The van der Waals surface area contributed by atoms with E-state index in [1.807, 2.05) is 37.3 Å². The van der Waals surface area contributed by atoms with Crippen LogP contribution in [0, 0.1) is 6.92 Å². The highest BCUT2D eigenvalue weighted by Crippen LogP contribution is 2.22. The Morgan fingerprint density at radius 2 is 2.00 bits per heavy atom. The van der Waals surface area contributed by atoms with E-state index < -0.39 is 12.1 Å². The summed E-state index contributed by atoms with van der Waals surface area (Å²) in [4.78, 5) is 24.2. The van der Waals surface area contributed by atoms with Gasteiger partial charge in [-0.15, -0.1) is 0 Å². The van der Waals surface area contributed by atoms with Crippen LogP contribution >= 0.6 is 11.6 Å². The third-order valence-corrected chi connectivity index (χ3v) is 4.03. The Balaban J connectivity index is 2.11. The van der Waals surface area contributed by atoms with E-state index >= 15 is 0 Å². The van der Waals surface area contributed by atoms with E-state index in [0.29, 0.717) is 18.8 Å². The smallest absolute Gasteiger partial charge is 0.343 e. The second kappa shape index (κ2) is 8.67. The topological polar surface area (TPSA) is 73.2 Å². The summed E-state index contributed by atoms with van der Waals surface area (Å²) in [7, 11) is 0. The minimum atomic E-state index is -0.896. The number of nitrogens with one attached hydrogen (secondary N) is 1. The number of aromatic nitrogens is 2. The highest BCUT2D eigenvalue weighted by molar-refractivity contribution is 6.32. The SMILES string of the molecule is CCCNC(=O)[C@@H](C)OC(=O)c1c(C)nn(Cc2ccccc2)c1Cl. The maximum Gasteiger partial charge on any atom is 0.343 e. The molecule has 0 spiro atoms. The summed E-state index contributed by atoms with van der Waals surface area (Å²) in [6.07, 6.45) is -0.0872. The van der Waals surface area contributed by atoms with Gasteiger partial charge < -0.3 is 10.1 Å². The third-order valence-electron chi connectivity index (χ3n) is 3.65. The van der Waals surface area contributed by atoms with Crippen LogP contribution < -0.4 is 5.32 Å². The van der Waals surface area contributed by atoms with E-state index in [9.17, 15) is 9.59 Å². The van der Waals surface area contributed by atoms with Crippen LogP contribution in [-0.2, 0) is 16.1 Å². The molecule has 0 radical (unpaired) electrons. The van der Waals surface area contributed by atoms with Gasteiger partial charge in [-0.3, -0.25) is 4.79 Å². The van der Waals surface area contributed by atoms with Crippen LogP contribution in [0.1, 0.15) is 41.9 Å². The number of carbonyl (C=O) groups excluding carboxylic acids is 2. The number of ether oxygens (including phenoxy) is 1. The summed E-state index contributed by atoms with van der Waals surface area (Å²) in [5.41, 5.74) is 1.67. The van der Waals surface area contributed by atoms with Crippen LogP contribution in [0.4, 0.5) is 0 Å². The highest BCUT2D eigenvalue weighted by Gasteiger charge is 2.25. The van der Waals surface area contributed by atoms with Crippen molar-refractivity contribution in [2.45, 2.75) is 39.8 Å². The largest absolute Gasteiger partial charge is 0.449 e. The van der Waals surface area contributed by atoms with Crippen LogP contribution in [0.5, 0.6) is 0 Å². The summed E-state index contributed by atoms with van der Waals surface area (Å²) < 4.78 is 6.78. The van der Waals surface area contributed by atoms with Gasteiger partial charge in [-0.25, -0.2) is 9.48 Å². The molecule has 0 saturated carbocycles. The molecular weight excluding hydrogens is 342 g/mol. The van der Waals surface area contributed by atoms with Crippen molar-refractivity contribution in [2.24, 2.45) is 0 Å². The molecule has 2 rings (SSSR count). The first-order valence-corrected chi connectivity index (χ1v) is 8.57. The van der Waals surface area contributed by atoms with Crippen LogP contribution in [0.3, 0.4) is 0 Å².